The van der Waals surface area contributed by atoms with E-state index in [4.69, 9.17) is 4.74 Å². The van der Waals surface area contributed by atoms with Crippen molar-refractivity contribution in [1.82, 2.24) is 4.90 Å². The Kier molecular flexibility index (Phi) is 3.47. The van der Waals surface area contributed by atoms with Gasteiger partial charge in [0.05, 0.1) is 7.11 Å². The molecule has 1 atom stereocenters. The van der Waals surface area contributed by atoms with Crippen molar-refractivity contribution < 1.29 is 14.3 Å². The Bertz CT molecular complexity index is 553. The van der Waals surface area contributed by atoms with Crippen molar-refractivity contribution in [1.29, 1.82) is 0 Å². The predicted molar refractivity (Wildman–Crippen MR) is 74.5 cm³/mol. The molecule has 1 saturated heterocycles. The average Bonchev–Trinajstić information content (AvgIpc) is 3.13. The van der Waals surface area contributed by atoms with Gasteiger partial charge in [-0.25, -0.2) is 4.79 Å². The summed E-state index contributed by atoms with van der Waals surface area (Å²) in [6.45, 7) is 0.635. The Morgan fingerprint density at radius 2 is 2.00 bits per heavy atom. The van der Waals surface area contributed by atoms with Crippen LogP contribution in [0, 0.1) is 0 Å². The molecule has 0 radical (unpaired) electrons. The molecule has 1 aliphatic heterocycles. The predicted octanol–water partition coefficient (Wildman–Crippen LogP) is 1.95. The van der Waals surface area contributed by atoms with Crippen LogP contribution in [0.25, 0.3) is 0 Å². The lowest BCUT2D eigenvalue weighted by atomic mass is 10.1. The van der Waals surface area contributed by atoms with E-state index in [-0.39, 0.29) is 11.9 Å². The quantitative estimate of drug-likeness (QED) is 0.774. The van der Waals surface area contributed by atoms with E-state index < -0.39 is 6.04 Å². The van der Waals surface area contributed by atoms with Crippen LogP contribution in [0.5, 0.6) is 0 Å². The summed E-state index contributed by atoms with van der Waals surface area (Å²) in [6, 6.07) is 5.52. The highest BCUT2D eigenvalue weighted by Crippen LogP contribution is 2.26. The summed E-state index contributed by atoms with van der Waals surface area (Å²) < 4.78 is 4.79. The highest BCUT2D eigenvalue weighted by Gasteiger charge is 2.35. The summed E-state index contributed by atoms with van der Waals surface area (Å²) in [5.41, 5.74) is 3.33. The first-order valence-corrected chi connectivity index (χ1v) is 7.21. The van der Waals surface area contributed by atoms with Gasteiger partial charge in [0.1, 0.15) is 6.04 Å². The molecule has 1 heterocycles. The van der Waals surface area contributed by atoms with Crippen LogP contribution in [-0.4, -0.2) is 36.5 Å². The molecule has 2 aliphatic rings. The number of hydrogen-bond acceptors (Lipinski definition) is 3. The molecule has 1 fully saturated rings. The largest absolute Gasteiger partial charge is 0.467 e. The van der Waals surface area contributed by atoms with Gasteiger partial charge in [0.2, 0.25) is 0 Å². The molecule has 0 saturated carbocycles. The van der Waals surface area contributed by atoms with Gasteiger partial charge in [0, 0.05) is 12.1 Å². The number of likely N-dealkylation sites (tertiary alicyclic amines) is 1. The highest BCUT2D eigenvalue weighted by atomic mass is 16.5. The molecular weight excluding hydrogens is 254 g/mol. The van der Waals surface area contributed by atoms with Gasteiger partial charge in [-0.05, 0) is 55.4 Å². The van der Waals surface area contributed by atoms with E-state index >= 15 is 0 Å². The molecule has 4 heteroatoms. The van der Waals surface area contributed by atoms with Crippen LogP contribution < -0.4 is 0 Å². The summed E-state index contributed by atoms with van der Waals surface area (Å²) in [5.74, 6) is -0.357. The number of nitrogens with zero attached hydrogens (tertiary/aromatic N) is 1. The van der Waals surface area contributed by atoms with Gasteiger partial charge in [0.25, 0.3) is 5.91 Å². The van der Waals surface area contributed by atoms with Crippen molar-refractivity contribution in [3.8, 4) is 0 Å². The van der Waals surface area contributed by atoms with Crippen LogP contribution in [-0.2, 0) is 22.4 Å². The van der Waals surface area contributed by atoms with Crippen molar-refractivity contribution in [3.63, 3.8) is 0 Å². The monoisotopic (exact) mass is 273 g/mol. The summed E-state index contributed by atoms with van der Waals surface area (Å²) in [7, 11) is 1.37. The van der Waals surface area contributed by atoms with Gasteiger partial charge >= 0.3 is 5.97 Å². The number of esters is 1. The van der Waals surface area contributed by atoms with Gasteiger partial charge in [0.15, 0.2) is 0 Å². The molecule has 4 nitrogen and oxygen atoms in total. The molecule has 1 aliphatic carbocycles. The van der Waals surface area contributed by atoms with Gasteiger partial charge < -0.3 is 9.64 Å². The Balaban J connectivity index is 1.83. The number of hydrogen-bond donors (Lipinski definition) is 0. The second-order valence-electron chi connectivity index (χ2n) is 5.52. The molecule has 1 amide bonds. The van der Waals surface area contributed by atoms with E-state index in [1.807, 2.05) is 12.1 Å². The lowest BCUT2D eigenvalue weighted by Crippen LogP contribution is -2.41. The van der Waals surface area contributed by atoms with Crippen molar-refractivity contribution >= 4 is 11.9 Å². The first-order valence-electron chi connectivity index (χ1n) is 7.21. The van der Waals surface area contributed by atoms with Crippen LogP contribution in [0.4, 0.5) is 0 Å². The van der Waals surface area contributed by atoms with E-state index in [0.29, 0.717) is 18.5 Å². The maximum atomic E-state index is 12.6. The standard InChI is InChI=1S/C16H19NO3/c1-20-16(19)14-6-3-9-17(14)15(18)13-8-7-11-4-2-5-12(11)10-13/h7-8,10,14H,2-6,9H2,1H3. The Morgan fingerprint density at radius 1 is 1.20 bits per heavy atom. The number of amides is 1. The highest BCUT2D eigenvalue weighted by molar-refractivity contribution is 5.97. The molecule has 0 aromatic heterocycles. The van der Waals surface area contributed by atoms with Crippen LogP contribution in [0.2, 0.25) is 0 Å². The number of aryl methyl sites for hydroxylation is 2. The lowest BCUT2D eigenvalue weighted by molar-refractivity contribution is -0.145. The zero-order valence-electron chi connectivity index (χ0n) is 11.7. The van der Waals surface area contributed by atoms with E-state index in [1.54, 1.807) is 4.90 Å². The van der Waals surface area contributed by atoms with Crippen LogP contribution >= 0.6 is 0 Å². The first-order chi connectivity index (χ1) is 9.70. The topological polar surface area (TPSA) is 46.6 Å². The zero-order valence-corrected chi connectivity index (χ0v) is 11.7. The molecule has 1 aromatic carbocycles. The number of fused-ring (bicyclic) bond motifs is 1. The molecule has 1 aromatic rings. The minimum atomic E-state index is -0.416. The van der Waals surface area contributed by atoms with Crippen molar-refractivity contribution in [2.75, 3.05) is 13.7 Å². The zero-order chi connectivity index (χ0) is 14.1. The average molecular weight is 273 g/mol. The van der Waals surface area contributed by atoms with Crippen molar-refractivity contribution in [2.45, 2.75) is 38.1 Å². The maximum Gasteiger partial charge on any atom is 0.328 e. The molecule has 3 rings (SSSR count). The fourth-order valence-electron chi connectivity index (χ4n) is 3.26. The number of carbonyl (C=O) groups excluding carboxylic acids is 2. The summed E-state index contributed by atoms with van der Waals surface area (Å²) in [4.78, 5) is 26.0. The molecule has 1 unspecified atom stereocenters. The second-order valence-corrected chi connectivity index (χ2v) is 5.52. The fourth-order valence-corrected chi connectivity index (χ4v) is 3.26. The molecular formula is C16H19NO3. The fraction of sp³-hybridized carbons (Fsp3) is 0.500. The van der Waals surface area contributed by atoms with E-state index in [9.17, 15) is 9.59 Å². The molecule has 0 N–H and O–H groups in total. The normalized spacial score (nSPS) is 20.9. The number of benzene rings is 1. The minimum Gasteiger partial charge on any atom is -0.467 e. The third kappa shape index (κ3) is 2.19. The van der Waals surface area contributed by atoms with Gasteiger partial charge in [-0.3, -0.25) is 4.79 Å². The third-order valence-corrected chi connectivity index (χ3v) is 4.33. The van der Waals surface area contributed by atoms with Crippen LogP contribution in [0.3, 0.4) is 0 Å². The van der Waals surface area contributed by atoms with Crippen LogP contribution in [0.15, 0.2) is 18.2 Å². The van der Waals surface area contributed by atoms with E-state index in [2.05, 4.69) is 6.07 Å². The molecule has 20 heavy (non-hydrogen) atoms. The lowest BCUT2D eigenvalue weighted by Gasteiger charge is -2.23. The number of ether oxygens (including phenoxy) is 1. The third-order valence-electron chi connectivity index (χ3n) is 4.33. The second kappa shape index (κ2) is 5.27. The smallest absolute Gasteiger partial charge is 0.328 e. The summed E-state index contributed by atoms with van der Waals surface area (Å²) >= 11 is 0. The van der Waals surface area contributed by atoms with Crippen molar-refractivity contribution in [2.24, 2.45) is 0 Å². The maximum absolute atomic E-state index is 12.6. The van der Waals surface area contributed by atoms with Gasteiger partial charge in [-0.1, -0.05) is 6.07 Å². The van der Waals surface area contributed by atoms with E-state index in [1.165, 1.54) is 24.7 Å². The molecule has 0 spiro atoms. The minimum absolute atomic E-state index is 0.0485. The number of carbonyl (C=O) groups is 2. The van der Waals surface area contributed by atoms with Gasteiger partial charge in [-0.15, -0.1) is 0 Å². The molecule has 106 valence electrons. The Morgan fingerprint density at radius 3 is 2.80 bits per heavy atom. The summed E-state index contributed by atoms with van der Waals surface area (Å²) in [6.07, 6.45) is 4.89. The summed E-state index contributed by atoms with van der Waals surface area (Å²) in [5, 5.41) is 0. The number of methoxy groups -OCH3 is 1. The van der Waals surface area contributed by atoms with Crippen LogP contribution in [0.1, 0.15) is 40.7 Å². The number of rotatable bonds is 2. The Hall–Kier alpha value is -1.84. The molecule has 0 bridgehead atoms. The first kappa shape index (κ1) is 13.2. The van der Waals surface area contributed by atoms with Crippen molar-refractivity contribution in [3.05, 3.63) is 34.9 Å². The van der Waals surface area contributed by atoms with E-state index in [0.717, 1.165) is 19.3 Å². The van der Waals surface area contributed by atoms with Gasteiger partial charge in [-0.2, -0.15) is 0 Å². The Labute approximate surface area is 118 Å². The SMILES string of the molecule is COC(=O)C1CCCN1C(=O)c1ccc2c(c1)CCC2.